The summed E-state index contributed by atoms with van der Waals surface area (Å²) >= 11 is 6.66. The third-order valence-corrected chi connectivity index (χ3v) is 6.49. The first-order valence-corrected chi connectivity index (χ1v) is 13.3. The molecule has 3 aromatic rings. The van der Waals surface area contributed by atoms with Gasteiger partial charge >= 0.3 is 5.97 Å². The number of aromatic nitrogens is 2. The lowest BCUT2D eigenvalue weighted by Gasteiger charge is -2.20. The molecule has 37 heavy (non-hydrogen) atoms. The van der Waals surface area contributed by atoms with Crippen LogP contribution in [0.2, 0.25) is 5.02 Å². The number of carbonyl (C=O) groups is 2. The molecule has 0 aliphatic carbocycles. The number of ether oxygens (including phenoxy) is 2. The lowest BCUT2D eigenvalue weighted by Crippen LogP contribution is -2.23. The zero-order chi connectivity index (χ0) is 27.0. The molecule has 1 N–H and O–H groups in total. The maximum atomic E-state index is 12.8. The van der Waals surface area contributed by atoms with Crippen molar-refractivity contribution < 1.29 is 19.1 Å². The highest BCUT2D eigenvalue weighted by atomic mass is 35.5. The van der Waals surface area contributed by atoms with Crippen molar-refractivity contribution in [1.82, 2.24) is 9.97 Å². The van der Waals surface area contributed by atoms with E-state index >= 15 is 0 Å². The Hall–Kier alpha value is -3.06. The van der Waals surface area contributed by atoms with Crippen LogP contribution in [0.5, 0.6) is 5.88 Å². The number of halogens is 1. The molecular formula is C29H38ClN3O4. The van der Waals surface area contributed by atoms with Crippen LogP contribution in [0.15, 0.2) is 30.5 Å². The van der Waals surface area contributed by atoms with Gasteiger partial charge in [0.05, 0.1) is 17.7 Å². The third-order valence-electron chi connectivity index (χ3n) is 6.17. The van der Waals surface area contributed by atoms with E-state index in [1.807, 2.05) is 46.0 Å². The van der Waals surface area contributed by atoms with E-state index in [0.717, 1.165) is 66.4 Å². The zero-order valence-corrected chi connectivity index (χ0v) is 23.3. The van der Waals surface area contributed by atoms with Crippen LogP contribution in [0.4, 0.5) is 5.82 Å². The molecule has 8 heteroatoms. The summed E-state index contributed by atoms with van der Waals surface area (Å²) in [6.45, 7) is 6.42. The van der Waals surface area contributed by atoms with Gasteiger partial charge in [0.25, 0.3) is 0 Å². The average Bonchev–Trinajstić information content (AvgIpc) is 3.26. The lowest BCUT2D eigenvalue weighted by atomic mass is 10.0. The van der Waals surface area contributed by atoms with E-state index in [-0.39, 0.29) is 0 Å². The fourth-order valence-electron chi connectivity index (χ4n) is 4.25. The maximum Gasteiger partial charge on any atom is 0.340 e. The molecule has 0 fully saturated rings. The van der Waals surface area contributed by atoms with E-state index in [9.17, 15) is 9.59 Å². The molecular weight excluding hydrogens is 490 g/mol. The molecule has 200 valence electrons. The Morgan fingerprint density at radius 3 is 2.46 bits per heavy atom. The Morgan fingerprint density at radius 2 is 1.78 bits per heavy atom. The number of anilines is 1. The van der Waals surface area contributed by atoms with Gasteiger partial charge in [-0.2, -0.15) is 4.98 Å². The number of nitrogens with zero attached hydrogens (tertiary/aromatic N) is 2. The quantitative estimate of drug-likeness (QED) is 0.143. The number of hydrogen-bond donors (Lipinski definition) is 1. The fourth-order valence-corrected chi connectivity index (χ4v) is 4.52. The number of nitrogens with one attached hydrogen (secondary N) is 1. The van der Waals surface area contributed by atoms with Gasteiger partial charge in [-0.15, -0.1) is 0 Å². The highest BCUT2D eigenvalue weighted by Gasteiger charge is 2.22. The van der Waals surface area contributed by atoms with Gasteiger partial charge in [-0.3, -0.25) is 0 Å². The smallest absolute Gasteiger partial charge is 0.340 e. The number of fused-ring (bicyclic) bond motifs is 1. The molecule has 0 bridgehead atoms. The van der Waals surface area contributed by atoms with Crippen LogP contribution < -0.4 is 9.64 Å². The average molecular weight is 528 g/mol. The molecule has 0 saturated heterocycles. The van der Waals surface area contributed by atoms with Crippen LogP contribution in [0, 0.1) is 0 Å². The van der Waals surface area contributed by atoms with E-state index in [2.05, 4.69) is 9.88 Å². The van der Waals surface area contributed by atoms with Gasteiger partial charge in [0.2, 0.25) is 5.88 Å². The van der Waals surface area contributed by atoms with Crippen LogP contribution in [-0.2, 0) is 9.53 Å². The number of carbonyl (C=O) groups excluding carboxylic acids is 2. The monoisotopic (exact) mass is 527 g/mol. The van der Waals surface area contributed by atoms with Crippen LogP contribution in [0.3, 0.4) is 0 Å². The van der Waals surface area contributed by atoms with Crippen LogP contribution >= 0.6 is 11.6 Å². The molecule has 3 rings (SSSR count). The lowest BCUT2D eigenvalue weighted by molar-refractivity contribution is -0.107. The van der Waals surface area contributed by atoms with Gasteiger partial charge in [0.15, 0.2) is 0 Å². The topological polar surface area (TPSA) is 84.5 Å². The number of hydrogen-bond acceptors (Lipinski definition) is 6. The first kappa shape index (κ1) is 28.5. The molecule has 0 aliphatic heterocycles. The van der Waals surface area contributed by atoms with Gasteiger partial charge in [0, 0.05) is 48.2 Å². The molecule has 0 aliphatic rings. The zero-order valence-electron chi connectivity index (χ0n) is 22.5. The van der Waals surface area contributed by atoms with Gasteiger partial charge in [-0.1, -0.05) is 37.3 Å². The number of unbranched alkanes of at least 4 members (excludes halogenated alkanes) is 6. The molecule has 2 heterocycles. The highest BCUT2D eigenvalue weighted by molar-refractivity contribution is 6.34. The normalized spacial score (nSPS) is 11.5. The summed E-state index contributed by atoms with van der Waals surface area (Å²) in [5.41, 5.74) is 2.09. The molecule has 2 aromatic heterocycles. The number of esters is 1. The van der Waals surface area contributed by atoms with Crippen molar-refractivity contribution in [3.8, 4) is 17.0 Å². The summed E-state index contributed by atoms with van der Waals surface area (Å²) in [4.78, 5) is 33.1. The van der Waals surface area contributed by atoms with E-state index in [0.29, 0.717) is 22.9 Å². The molecule has 0 unspecified atom stereocenters. The third kappa shape index (κ3) is 7.71. The highest BCUT2D eigenvalue weighted by Crippen LogP contribution is 2.38. The maximum absolute atomic E-state index is 12.8. The second-order valence-electron chi connectivity index (χ2n) is 10.3. The number of aromatic amines is 1. The second-order valence-corrected chi connectivity index (χ2v) is 10.7. The van der Waals surface area contributed by atoms with Crippen molar-refractivity contribution in [2.75, 3.05) is 25.6 Å². The molecule has 1 aromatic carbocycles. The van der Waals surface area contributed by atoms with E-state index in [1.54, 1.807) is 19.4 Å². The molecule has 0 atom stereocenters. The molecule has 0 spiro atoms. The largest absolute Gasteiger partial charge is 0.480 e. The summed E-state index contributed by atoms with van der Waals surface area (Å²) in [6.07, 6.45) is 9.97. The molecule has 0 saturated carbocycles. The number of aldehydes is 1. The summed E-state index contributed by atoms with van der Waals surface area (Å²) in [7, 11) is 3.62. The minimum atomic E-state index is -0.595. The fraction of sp³-hybridized carbons (Fsp3) is 0.483. The van der Waals surface area contributed by atoms with Gasteiger partial charge in [-0.05, 0) is 57.9 Å². The Balaban J connectivity index is 1.75. The van der Waals surface area contributed by atoms with Crippen LogP contribution in [-0.4, -0.2) is 48.5 Å². The molecule has 0 radical (unpaired) electrons. The van der Waals surface area contributed by atoms with E-state index in [4.69, 9.17) is 26.1 Å². The number of methoxy groups -OCH3 is 1. The minimum absolute atomic E-state index is 0.393. The summed E-state index contributed by atoms with van der Waals surface area (Å²) in [5, 5.41) is 1.25. The molecule has 0 amide bonds. The van der Waals surface area contributed by atoms with Gasteiger partial charge < -0.3 is 24.2 Å². The van der Waals surface area contributed by atoms with Crippen molar-refractivity contribution in [3.63, 3.8) is 0 Å². The Labute approximate surface area is 224 Å². The standard InChI is InChI=1S/C29H38ClN3O4/c1-29(2,3)37-28(35)23-19-31-25-18-24(30)21(17-22(23)25)20-13-14-26(32-27(20)36-5)33(4)15-11-9-7-6-8-10-12-16-34/h13-14,16-19,31H,6-12,15H2,1-5H3. The second kappa shape index (κ2) is 13.0. The van der Waals surface area contributed by atoms with Crippen molar-refractivity contribution >= 4 is 40.6 Å². The summed E-state index contributed by atoms with van der Waals surface area (Å²) < 4.78 is 11.2. The Morgan fingerprint density at radius 1 is 1.08 bits per heavy atom. The van der Waals surface area contributed by atoms with Crippen molar-refractivity contribution in [2.45, 2.75) is 71.3 Å². The number of pyridine rings is 1. The summed E-state index contributed by atoms with van der Waals surface area (Å²) in [6, 6.07) is 7.60. The van der Waals surface area contributed by atoms with E-state index < -0.39 is 11.6 Å². The SMILES string of the molecule is COc1nc(N(C)CCCCCCCCC=O)ccc1-c1cc2c(C(=O)OC(C)(C)C)c[nH]c2cc1Cl. The van der Waals surface area contributed by atoms with Crippen molar-refractivity contribution in [2.24, 2.45) is 0 Å². The number of H-pyrrole nitrogens is 1. The number of rotatable bonds is 13. The Bertz CT molecular complexity index is 1220. The predicted octanol–water partition coefficient (Wildman–Crippen LogP) is 7.21. The first-order chi connectivity index (χ1) is 17.6. The first-order valence-electron chi connectivity index (χ1n) is 12.9. The van der Waals surface area contributed by atoms with Crippen molar-refractivity contribution in [3.05, 3.63) is 41.0 Å². The van der Waals surface area contributed by atoms with Crippen LogP contribution in [0.1, 0.15) is 76.1 Å². The van der Waals surface area contributed by atoms with Crippen LogP contribution in [0.25, 0.3) is 22.0 Å². The minimum Gasteiger partial charge on any atom is -0.480 e. The van der Waals surface area contributed by atoms with Crippen molar-refractivity contribution in [1.29, 1.82) is 0 Å². The predicted molar refractivity (Wildman–Crippen MR) is 150 cm³/mol. The van der Waals surface area contributed by atoms with Gasteiger partial charge in [-0.25, -0.2) is 4.79 Å². The summed E-state index contributed by atoms with van der Waals surface area (Å²) in [5.74, 6) is 0.894. The number of benzene rings is 1. The van der Waals surface area contributed by atoms with Gasteiger partial charge in [0.1, 0.15) is 17.7 Å². The molecule has 7 nitrogen and oxygen atoms in total. The Kier molecular flexibility index (Phi) is 9.98. The van der Waals surface area contributed by atoms with E-state index in [1.165, 1.54) is 12.8 Å².